The lowest BCUT2D eigenvalue weighted by atomic mass is 9.72. The molecule has 2 fully saturated rings. The van der Waals surface area contributed by atoms with E-state index in [-0.39, 0.29) is 5.78 Å². The summed E-state index contributed by atoms with van der Waals surface area (Å²) in [5.74, 6) is 4.92. The zero-order valence-corrected chi connectivity index (χ0v) is 19.0. The number of Topliss-reactive ketones (excluding diaryl/α,β-unsaturated/α-hetero) is 1. The zero-order chi connectivity index (χ0) is 22.7. The fourth-order valence-corrected chi connectivity index (χ4v) is 4.88. The number of aliphatic imine (C=N–C) groups is 2. The van der Waals surface area contributed by atoms with Crippen molar-refractivity contribution in [2.24, 2.45) is 15.4 Å². The molecule has 3 aliphatic heterocycles. The molecule has 170 valence electrons. The Hall–Kier alpha value is -3.37. The van der Waals surface area contributed by atoms with Crippen LogP contribution in [0.25, 0.3) is 0 Å². The predicted octanol–water partition coefficient (Wildman–Crippen LogP) is 3.08. The summed E-state index contributed by atoms with van der Waals surface area (Å²) in [4.78, 5) is 26.8. The second-order valence-electron chi connectivity index (χ2n) is 8.87. The average Bonchev–Trinajstić information content (AvgIpc) is 3.30. The number of carbonyl (C=O) groups is 1. The monoisotopic (exact) mass is 443 g/mol. The Morgan fingerprint density at radius 3 is 2.79 bits per heavy atom. The van der Waals surface area contributed by atoms with Crippen molar-refractivity contribution < 1.29 is 9.53 Å². The lowest BCUT2D eigenvalue weighted by Crippen LogP contribution is -2.45. The van der Waals surface area contributed by atoms with E-state index >= 15 is 0 Å². The van der Waals surface area contributed by atoms with Crippen molar-refractivity contribution in [1.29, 1.82) is 0 Å². The number of hydrogen-bond acceptors (Lipinski definition) is 7. The third-order valence-corrected chi connectivity index (χ3v) is 6.68. The highest BCUT2D eigenvalue weighted by molar-refractivity contribution is 6.14. The highest BCUT2D eigenvalue weighted by Gasteiger charge is 2.47. The quantitative estimate of drug-likeness (QED) is 0.727. The lowest BCUT2D eigenvalue weighted by molar-refractivity contribution is -0.119. The number of carbonyl (C=O) groups excluding carboxylic acids is 1. The molecular formula is C26H29N5O2. The standard InChI is InChI=1S/C26H29N5O2/c1-33-22-10-8-20(9-11-22)28-25-27-19-26-18-21(32)12-17-31(16-5-15-30-13-2-3-14-30)24(26)7-4-6-23(26)29-25/h4,6-11H,2-3,12-15,17-19H2,1H3,(H,27,28). The number of ether oxygens (including phenoxy) is 1. The first-order chi connectivity index (χ1) is 16.2. The summed E-state index contributed by atoms with van der Waals surface area (Å²) in [6.07, 6.45) is 9.50. The van der Waals surface area contributed by atoms with Crippen LogP contribution in [0.3, 0.4) is 0 Å². The van der Waals surface area contributed by atoms with Crippen molar-refractivity contribution in [3.63, 3.8) is 0 Å². The summed E-state index contributed by atoms with van der Waals surface area (Å²) >= 11 is 0. The van der Waals surface area contributed by atoms with Crippen LogP contribution < -0.4 is 10.1 Å². The second-order valence-corrected chi connectivity index (χ2v) is 8.87. The predicted molar refractivity (Wildman–Crippen MR) is 130 cm³/mol. The molecule has 0 bridgehead atoms. The third kappa shape index (κ3) is 4.44. The number of methoxy groups -OCH3 is 1. The molecule has 0 aromatic heterocycles. The molecule has 0 saturated carbocycles. The zero-order valence-electron chi connectivity index (χ0n) is 19.0. The van der Waals surface area contributed by atoms with Crippen molar-refractivity contribution in [1.82, 2.24) is 9.80 Å². The first kappa shape index (κ1) is 21.5. The number of allylic oxidation sites excluding steroid dienone is 3. The number of likely N-dealkylation sites (tertiary alicyclic amines) is 2. The summed E-state index contributed by atoms with van der Waals surface area (Å²) in [5, 5.41) is 3.28. The molecule has 33 heavy (non-hydrogen) atoms. The van der Waals surface area contributed by atoms with Gasteiger partial charge in [0.25, 0.3) is 0 Å². The van der Waals surface area contributed by atoms with Crippen LogP contribution in [0, 0.1) is 17.4 Å². The van der Waals surface area contributed by atoms with Gasteiger partial charge in [-0.2, -0.15) is 0 Å². The number of anilines is 1. The Balaban J connectivity index is 1.38. The van der Waals surface area contributed by atoms with E-state index in [0.717, 1.165) is 42.5 Å². The van der Waals surface area contributed by atoms with Gasteiger partial charge < -0.3 is 15.0 Å². The Morgan fingerprint density at radius 1 is 1.18 bits per heavy atom. The van der Waals surface area contributed by atoms with Gasteiger partial charge in [0.15, 0.2) is 0 Å². The van der Waals surface area contributed by atoms with Crippen LogP contribution in [0.2, 0.25) is 0 Å². The molecule has 0 radical (unpaired) electrons. The van der Waals surface area contributed by atoms with Crippen molar-refractivity contribution in [3.05, 3.63) is 48.2 Å². The maximum Gasteiger partial charge on any atom is 0.222 e. The fourth-order valence-electron chi connectivity index (χ4n) is 4.88. The summed E-state index contributed by atoms with van der Waals surface area (Å²) < 4.78 is 5.23. The van der Waals surface area contributed by atoms with Gasteiger partial charge in [0.05, 0.1) is 31.3 Å². The Bertz CT molecular complexity index is 1100. The van der Waals surface area contributed by atoms with E-state index in [4.69, 9.17) is 14.7 Å². The molecule has 2 saturated heterocycles. The van der Waals surface area contributed by atoms with E-state index in [9.17, 15) is 4.79 Å². The van der Waals surface area contributed by atoms with Gasteiger partial charge in [-0.15, -0.1) is 0 Å². The van der Waals surface area contributed by atoms with Crippen LogP contribution in [0.1, 0.15) is 25.7 Å². The SMILES string of the molecule is COc1ccc(NC2=NCC34CC(=O)CCN(C#CCN5CCCC5)C3=CC=CC4=N2)cc1. The van der Waals surface area contributed by atoms with Gasteiger partial charge in [-0.05, 0) is 62.3 Å². The first-order valence-electron chi connectivity index (χ1n) is 11.6. The first-order valence-corrected chi connectivity index (χ1v) is 11.6. The van der Waals surface area contributed by atoms with Crippen molar-refractivity contribution in [2.75, 3.05) is 45.2 Å². The largest absolute Gasteiger partial charge is 0.497 e. The van der Waals surface area contributed by atoms with Crippen LogP contribution in [-0.4, -0.2) is 67.1 Å². The van der Waals surface area contributed by atoms with Crippen LogP contribution in [0.15, 0.2) is 58.2 Å². The number of hydrogen-bond donors (Lipinski definition) is 1. The van der Waals surface area contributed by atoms with Gasteiger partial charge in [0.1, 0.15) is 11.5 Å². The molecule has 1 spiro atoms. The van der Waals surface area contributed by atoms with Crippen molar-refractivity contribution in [3.8, 4) is 17.7 Å². The minimum Gasteiger partial charge on any atom is -0.497 e. The van der Waals surface area contributed by atoms with Gasteiger partial charge in [-0.1, -0.05) is 12.0 Å². The molecule has 4 aliphatic rings. The smallest absolute Gasteiger partial charge is 0.222 e. The number of guanidine groups is 1. The molecule has 0 amide bonds. The van der Waals surface area contributed by atoms with Gasteiger partial charge in [0, 0.05) is 36.8 Å². The molecular weight excluding hydrogens is 414 g/mol. The normalized spacial score (nSPS) is 24.5. The number of benzene rings is 1. The van der Waals surface area contributed by atoms with Gasteiger partial charge >= 0.3 is 0 Å². The molecule has 1 unspecified atom stereocenters. The minimum atomic E-state index is -0.546. The van der Waals surface area contributed by atoms with Crippen molar-refractivity contribution in [2.45, 2.75) is 25.7 Å². The van der Waals surface area contributed by atoms with Crippen LogP contribution >= 0.6 is 0 Å². The third-order valence-electron chi connectivity index (χ3n) is 6.68. The number of ketones is 1. The van der Waals surface area contributed by atoms with Crippen LogP contribution in [-0.2, 0) is 4.79 Å². The molecule has 1 atom stereocenters. The number of rotatable bonds is 3. The topological polar surface area (TPSA) is 69.5 Å². The van der Waals surface area contributed by atoms with E-state index in [1.54, 1.807) is 7.11 Å². The summed E-state index contributed by atoms with van der Waals surface area (Å²) in [5.41, 5.74) is 2.25. The molecule has 7 nitrogen and oxygen atoms in total. The Morgan fingerprint density at radius 2 is 2.00 bits per heavy atom. The molecule has 7 heteroatoms. The summed E-state index contributed by atoms with van der Waals surface area (Å²) in [6.45, 7) is 4.10. The van der Waals surface area contributed by atoms with Gasteiger partial charge in [-0.3, -0.25) is 9.69 Å². The Kier molecular flexibility index (Phi) is 6.01. The fraction of sp³-hybridized carbons (Fsp3) is 0.423. The average molecular weight is 444 g/mol. The van der Waals surface area contributed by atoms with Crippen LogP contribution in [0.5, 0.6) is 5.75 Å². The maximum absolute atomic E-state index is 12.8. The molecule has 3 heterocycles. The molecule has 1 aromatic carbocycles. The van der Waals surface area contributed by atoms with E-state index in [1.165, 1.54) is 12.8 Å². The Labute approximate surface area is 194 Å². The van der Waals surface area contributed by atoms with E-state index in [2.05, 4.69) is 33.2 Å². The lowest BCUT2D eigenvalue weighted by Gasteiger charge is -2.39. The highest BCUT2D eigenvalue weighted by Crippen LogP contribution is 2.42. The summed E-state index contributed by atoms with van der Waals surface area (Å²) in [7, 11) is 1.65. The van der Waals surface area contributed by atoms with Crippen molar-refractivity contribution >= 4 is 23.1 Å². The second kappa shape index (κ2) is 9.24. The molecule has 5 rings (SSSR count). The minimum absolute atomic E-state index is 0.231. The molecule has 1 N–H and O–H groups in total. The van der Waals surface area contributed by atoms with E-state index in [0.29, 0.717) is 31.9 Å². The summed E-state index contributed by atoms with van der Waals surface area (Å²) in [6, 6.07) is 11.0. The molecule has 1 aliphatic carbocycles. The number of nitrogens with one attached hydrogen (secondary N) is 1. The van der Waals surface area contributed by atoms with Gasteiger partial charge in [-0.25, -0.2) is 9.98 Å². The van der Waals surface area contributed by atoms with Gasteiger partial charge in [0.2, 0.25) is 5.96 Å². The highest BCUT2D eigenvalue weighted by atomic mass is 16.5. The number of nitrogens with zero attached hydrogens (tertiary/aromatic N) is 4. The van der Waals surface area contributed by atoms with Crippen LogP contribution in [0.4, 0.5) is 5.69 Å². The molecule has 1 aromatic rings. The van der Waals surface area contributed by atoms with E-state index in [1.807, 2.05) is 36.4 Å². The maximum atomic E-state index is 12.8. The van der Waals surface area contributed by atoms with E-state index < -0.39 is 5.41 Å².